The normalized spacial score (nSPS) is 13.0. The van der Waals surface area contributed by atoms with Crippen molar-refractivity contribution in [2.75, 3.05) is 13.6 Å². The third-order valence-electron chi connectivity index (χ3n) is 4.20. The summed E-state index contributed by atoms with van der Waals surface area (Å²) in [7, 11) is 1.77. The number of aliphatic imine (C=N–C) groups is 1. The number of benzene rings is 1. The summed E-state index contributed by atoms with van der Waals surface area (Å²) in [5, 5.41) is 6.66. The number of hydrogen-bond acceptors (Lipinski definition) is 3. The topological polar surface area (TPSA) is 62.5 Å². The first-order valence-electron chi connectivity index (χ1n) is 8.88. The van der Waals surface area contributed by atoms with Gasteiger partial charge in [-0.25, -0.2) is 4.98 Å². The van der Waals surface area contributed by atoms with E-state index in [-0.39, 0.29) is 29.4 Å². The average Bonchev–Trinajstić information content (AvgIpc) is 3.08. The molecule has 0 spiro atoms. The van der Waals surface area contributed by atoms with E-state index < -0.39 is 0 Å². The van der Waals surface area contributed by atoms with E-state index in [1.165, 1.54) is 5.56 Å². The van der Waals surface area contributed by atoms with Gasteiger partial charge in [0.1, 0.15) is 5.76 Å². The molecule has 2 rings (SSSR count). The minimum Gasteiger partial charge on any atom is -0.443 e. The monoisotopic (exact) mass is 470 g/mol. The van der Waals surface area contributed by atoms with E-state index >= 15 is 0 Å². The minimum atomic E-state index is -0.0325. The zero-order valence-corrected chi connectivity index (χ0v) is 18.7. The molecular formula is C20H31IN4O. The number of rotatable bonds is 6. The van der Waals surface area contributed by atoms with E-state index in [4.69, 9.17) is 4.42 Å². The van der Waals surface area contributed by atoms with Crippen molar-refractivity contribution in [3.63, 3.8) is 0 Å². The van der Waals surface area contributed by atoms with Gasteiger partial charge < -0.3 is 15.1 Å². The Balaban J connectivity index is 0.00000338. The maximum atomic E-state index is 5.80. The Labute approximate surface area is 174 Å². The van der Waals surface area contributed by atoms with E-state index in [2.05, 4.69) is 72.6 Å². The highest BCUT2D eigenvalue weighted by molar-refractivity contribution is 14.0. The molecule has 26 heavy (non-hydrogen) atoms. The van der Waals surface area contributed by atoms with Crippen LogP contribution in [0.15, 0.2) is 45.9 Å². The number of oxazole rings is 1. The smallest absolute Gasteiger partial charge is 0.213 e. The van der Waals surface area contributed by atoms with Crippen LogP contribution in [0, 0.1) is 0 Å². The molecule has 0 saturated heterocycles. The lowest BCUT2D eigenvalue weighted by Crippen LogP contribution is -2.39. The van der Waals surface area contributed by atoms with Crippen LogP contribution >= 0.6 is 24.0 Å². The summed E-state index contributed by atoms with van der Waals surface area (Å²) < 4.78 is 5.80. The number of guanidine groups is 1. The third kappa shape index (κ3) is 6.63. The molecule has 0 aliphatic rings. The van der Waals surface area contributed by atoms with Gasteiger partial charge >= 0.3 is 0 Å². The van der Waals surface area contributed by atoms with E-state index in [0.29, 0.717) is 18.4 Å². The molecule has 1 unspecified atom stereocenters. The lowest BCUT2D eigenvalue weighted by atomic mass is 9.94. The molecule has 1 atom stereocenters. The van der Waals surface area contributed by atoms with Crippen molar-refractivity contribution in [1.82, 2.24) is 15.6 Å². The Kier molecular flexibility index (Phi) is 9.12. The van der Waals surface area contributed by atoms with Crippen LogP contribution in [0.5, 0.6) is 0 Å². The summed E-state index contributed by atoms with van der Waals surface area (Å²) in [6.45, 7) is 9.88. The van der Waals surface area contributed by atoms with Crippen LogP contribution in [0.4, 0.5) is 0 Å². The molecule has 0 radical (unpaired) electrons. The fourth-order valence-electron chi connectivity index (χ4n) is 2.56. The highest BCUT2D eigenvalue weighted by Crippen LogP contribution is 2.22. The van der Waals surface area contributed by atoms with Crippen molar-refractivity contribution in [3.8, 4) is 0 Å². The first kappa shape index (κ1) is 22.5. The quantitative estimate of drug-likeness (QED) is 0.372. The van der Waals surface area contributed by atoms with Gasteiger partial charge in [-0.2, -0.15) is 0 Å². The average molecular weight is 470 g/mol. The van der Waals surface area contributed by atoms with Gasteiger partial charge in [0.05, 0.1) is 12.7 Å². The van der Waals surface area contributed by atoms with Crippen molar-refractivity contribution in [2.24, 2.45) is 4.99 Å². The van der Waals surface area contributed by atoms with Crippen molar-refractivity contribution < 1.29 is 4.42 Å². The van der Waals surface area contributed by atoms with Crippen LogP contribution in [-0.4, -0.2) is 24.5 Å². The standard InChI is InChI=1S/C20H30N4O.HI/c1-6-15(16-10-8-7-9-11-16)12-23-19(21-5)24-14-18-22-13-17(25-18)20(2,3)4;/h7-11,13,15H,6,12,14H2,1-5H3,(H2,21,23,24);1H. The van der Waals surface area contributed by atoms with Gasteiger partial charge in [0.25, 0.3) is 0 Å². The van der Waals surface area contributed by atoms with E-state index in [0.717, 1.165) is 24.7 Å². The van der Waals surface area contributed by atoms with Crippen LogP contribution in [0.1, 0.15) is 57.2 Å². The molecule has 2 aromatic rings. The molecule has 0 aliphatic carbocycles. The second-order valence-electron chi connectivity index (χ2n) is 7.19. The molecular weight excluding hydrogens is 439 g/mol. The van der Waals surface area contributed by atoms with Gasteiger partial charge in [-0.3, -0.25) is 4.99 Å². The second kappa shape index (κ2) is 10.5. The summed E-state index contributed by atoms with van der Waals surface area (Å²) in [5.41, 5.74) is 1.31. The molecule has 144 valence electrons. The van der Waals surface area contributed by atoms with Crippen molar-refractivity contribution in [3.05, 3.63) is 53.7 Å². The molecule has 1 aromatic heterocycles. The molecule has 6 heteroatoms. The van der Waals surface area contributed by atoms with E-state index in [1.54, 1.807) is 13.2 Å². The summed E-state index contributed by atoms with van der Waals surface area (Å²) in [5.74, 6) is 2.77. The predicted octanol–water partition coefficient (Wildman–Crippen LogP) is 4.45. The largest absolute Gasteiger partial charge is 0.443 e. The lowest BCUT2D eigenvalue weighted by molar-refractivity contribution is 0.379. The van der Waals surface area contributed by atoms with E-state index in [9.17, 15) is 0 Å². The molecule has 2 N–H and O–H groups in total. The fourth-order valence-corrected chi connectivity index (χ4v) is 2.56. The fraction of sp³-hybridized carbons (Fsp3) is 0.500. The van der Waals surface area contributed by atoms with Crippen LogP contribution in [0.2, 0.25) is 0 Å². The van der Waals surface area contributed by atoms with Crippen molar-refractivity contribution >= 4 is 29.9 Å². The Bertz CT molecular complexity index is 677. The first-order chi connectivity index (χ1) is 11.9. The van der Waals surface area contributed by atoms with E-state index in [1.807, 2.05) is 6.07 Å². The molecule has 5 nitrogen and oxygen atoms in total. The van der Waals surface area contributed by atoms with Gasteiger partial charge in [-0.15, -0.1) is 24.0 Å². The van der Waals surface area contributed by atoms with Crippen LogP contribution in [0.3, 0.4) is 0 Å². The van der Waals surface area contributed by atoms with Gasteiger partial charge in [0.15, 0.2) is 5.96 Å². The Morgan fingerprint density at radius 2 is 1.88 bits per heavy atom. The molecule has 0 aliphatic heterocycles. The Morgan fingerprint density at radius 3 is 2.42 bits per heavy atom. The van der Waals surface area contributed by atoms with Crippen LogP contribution in [-0.2, 0) is 12.0 Å². The summed E-state index contributed by atoms with van der Waals surface area (Å²) >= 11 is 0. The number of nitrogens with zero attached hydrogens (tertiary/aromatic N) is 2. The highest BCUT2D eigenvalue weighted by Gasteiger charge is 2.19. The third-order valence-corrected chi connectivity index (χ3v) is 4.20. The molecule has 0 fully saturated rings. The number of aromatic nitrogens is 1. The predicted molar refractivity (Wildman–Crippen MR) is 118 cm³/mol. The van der Waals surface area contributed by atoms with Crippen LogP contribution in [0.25, 0.3) is 0 Å². The number of hydrogen-bond donors (Lipinski definition) is 2. The number of nitrogens with one attached hydrogen (secondary N) is 2. The SMILES string of the molecule is CCC(CNC(=NC)NCc1ncc(C(C)(C)C)o1)c1ccccc1.I. The van der Waals surface area contributed by atoms with Crippen molar-refractivity contribution in [2.45, 2.75) is 52.0 Å². The Hall–Kier alpha value is -1.57. The second-order valence-corrected chi connectivity index (χ2v) is 7.19. The maximum absolute atomic E-state index is 5.80. The molecule has 0 amide bonds. The Morgan fingerprint density at radius 1 is 1.19 bits per heavy atom. The highest BCUT2D eigenvalue weighted by atomic mass is 127. The molecule has 1 aromatic carbocycles. The zero-order chi connectivity index (χ0) is 18.3. The molecule has 0 bridgehead atoms. The number of halogens is 1. The van der Waals surface area contributed by atoms with Gasteiger partial charge in [0, 0.05) is 24.9 Å². The summed E-state index contributed by atoms with van der Waals surface area (Å²) in [6, 6.07) is 10.6. The molecule has 1 heterocycles. The van der Waals surface area contributed by atoms with Crippen LogP contribution < -0.4 is 10.6 Å². The lowest BCUT2D eigenvalue weighted by Gasteiger charge is -2.18. The van der Waals surface area contributed by atoms with Crippen molar-refractivity contribution in [1.29, 1.82) is 0 Å². The molecule has 0 saturated carbocycles. The first-order valence-corrected chi connectivity index (χ1v) is 8.88. The van der Waals surface area contributed by atoms with Gasteiger partial charge in [-0.1, -0.05) is 58.0 Å². The zero-order valence-electron chi connectivity index (χ0n) is 16.4. The maximum Gasteiger partial charge on any atom is 0.213 e. The minimum absolute atomic E-state index is 0. The summed E-state index contributed by atoms with van der Waals surface area (Å²) in [6.07, 6.45) is 2.87. The summed E-state index contributed by atoms with van der Waals surface area (Å²) in [4.78, 5) is 8.62. The van der Waals surface area contributed by atoms with Gasteiger partial charge in [-0.05, 0) is 12.0 Å². The van der Waals surface area contributed by atoms with Gasteiger partial charge in [0.2, 0.25) is 5.89 Å².